The number of rotatable bonds is 5. The molecule has 2 aromatic rings. The molecule has 6 heteroatoms. The van der Waals surface area contributed by atoms with Crippen LogP contribution in [0.25, 0.3) is 0 Å². The topological polar surface area (TPSA) is 86.9 Å². The van der Waals surface area contributed by atoms with Crippen LogP contribution in [0.2, 0.25) is 0 Å². The molecule has 0 spiro atoms. The number of carboxylic acid groups (broad SMARTS) is 1. The molecule has 0 radical (unpaired) electrons. The van der Waals surface area contributed by atoms with Crippen molar-refractivity contribution in [3.8, 4) is 0 Å². The molecule has 1 aliphatic carbocycles. The van der Waals surface area contributed by atoms with E-state index in [0.717, 1.165) is 30.6 Å². The molecule has 6 nitrogen and oxygen atoms in total. The number of carbonyl (C=O) groups is 2. The molecular formula is C22H25N3O3. The molecule has 28 heavy (non-hydrogen) atoms. The normalized spacial score (nSPS) is 21.7. The van der Waals surface area contributed by atoms with Gasteiger partial charge in [0, 0.05) is 30.4 Å². The average Bonchev–Trinajstić information content (AvgIpc) is 3.03. The molecule has 1 aliphatic heterocycles. The molecule has 4 rings (SSSR count). The molecule has 3 N–H and O–H groups in total. The van der Waals surface area contributed by atoms with Gasteiger partial charge in [0.25, 0.3) is 0 Å². The summed E-state index contributed by atoms with van der Waals surface area (Å²) in [6.45, 7) is 0.478. The fourth-order valence-corrected chi connectivity index (χ4v) is 4.30. The summed E-state index contributed by atoms with van der Waals surface area (Å²) < 4.78 is 0. The van der Waals surface area contributed by atoms with Crippen molar-refractivity contribution in [3.05, 3.63) is 59.7 Å². The number of carbonyl (C=O) groups excluding carboxylic acids is 1. The van der Waals surface area contributed by atoms with E-state index in [2.05, 4.69) is 6.07 Å². The van der Waals surface area contributed by atoms with Gasteiger partial charge in [0.2, 0.25) is 0 Å². The third-order valence-corrected chi connectivity index (χ3v) is 5.72. The van der Waals surface area contributed by atoms with E-state index in [1.165, 1.54) is 11.1 Å². The van der Waals surface area contributed by atoms with Crippen molar-refractivity contribution in [2.75, 3.05) is 16.3 Å². The number of hydrogen-bond acceptors (Lipinski definition) is 3. The predicted molar refractivity (Wildman–Crippen MR) is 109 cm³/mol. The number of aliphatic carboxylic acids is 1. The molecule has 146 valence electrons. The first-order valence-electron chi connectivity index (χ1n) is 9.80. The fourth-order valence-electron chi connectivity index (χ4n) is 4.30. The quantitative estimate of drug-likeness (QED) is 0.829. The second-order valence-electron chi connectivity index (χ2n) is 7.57. The third kappa shape index (κ3) is 3.47. The first-order valence-corrected chi connectivity index (χ1v) is 9.80. The number of urea groups is 1. The van der Waals surface area contributed by atoms with Gasteiger partial charge in [0.15, 0.2) is 0 Å². The number of benzene rings is 2. The van der Waals surface area contributed by atoms with E-state index in [4.69, 9.17) is 10.8 Å². The molecule has 2 amide bonds. The first-order chi connectivity index (χ1) is 13.5. The highest BCUT2D eigenvalue weighted by molar-refractivity contribution is 6.06. The van der Waals surface area contributed by atoms with Crippen molar-refractivity contribution >= 4 is 23.4 Å². The Labute approximate surface area is 164 Å². The van der Waals surface area contributed by atoms with Gasteiger partial charge in [0.1, 0.15) is 0 Å². The molecule has 2 unspecified atom stereocenters. The number of para-hydroxylation sites is 1. The van der Waals surface area contributed by atoms with E-state index in [-0.39, 0.29) is 24.5 Å². The van der Waals surface area contributed by atoms with E-state index in [0.29, 0.717) is 13.0 Å². The zero-order valence-corrected chi connectivity index (χ0v) is 15.8. The van der Waals surface area contributed by atoms with Gasteiger partial charge >= 0.3 is 12.0 Å². The van der Waals surface area contributed by atoms with Gasteiger partial charge in [-0.25, -0.2) is 4.79 Å². The zero-order chi connectivity index (χ0) is 19.7. The Morgan fingerprint density at radius 3 is 2.68 bits per heavy atom. The van der Waals surface area contributed by atoms with Crippen LogP contribution in [0.1, 0.15) is 42.9 Å². The summed E-state index contributed by atoms with van der Waals surface area (Å²) >= 11 is 0. The summed E-state index contributed by atoms with van der Waals surface area (Å²) in [4.78, 5) is 27.9. The van der Waals surface area contributed by atoms with Crippen LogP contribution in [0.15, 0.2) is 48.5 Å². The van der Waals surface area contributed by atoms with Crippen LogP contribution in [0, 0.1) is 0 Å². The van der Waals surface area contributed by atoms with Gasteiger partial charge in [-0.2, -0.15) is 0 Å². The Kier molecular flexibility index (Phi) is 5.05. The smallest absolute Gasteiger partial charge is 0.329 e. The predicted octanol–water partition coefficient (Wildman–Crippen LogP) is 3.70. The van der Waals surface area contributed by atoms with Crippen LogP contribution in [-0.2, 0) is 11.2 Å². The SMILES string of the molecule is NC1CCCc2cc(N3CC(CCC(=O)O)N(c4ccccc4)C3=O)ccc21. The van der Waals surface area contributed by atoms with E-state index >= 15 is 0 Å². The Bertz CT molecular complexity index is 884. The number of anilines is 2. The summed E-state index contributed by atoms with van der Waals surface area (Å²) in [7, 11) is 0. The van der Waals surface area contributed by atoms with Crippen molar-refractivity contribution in [2.24, 2.45) is 5.73 Å². The van der Waals surface area contributed by atoms with Crippen molar-refractivity contribution in [1.29, 1.82) is 0 Å². The summed E-state index contributed by atoms with van der Waals surface area (Å²) in [5.74, 6) is -0.846. The second kappa shape index (κ2) is 7.64. The van der Waals surface area contributed by atoms with Crippen molar-refractivity contribution < 1.29 is 14.7 Å². The number of fused-ring (bicyclic) bond motifs is 1. The molecule has 2 atom stereocenters. The summed E-state index contributed by atoms with van der Waals surface area (Å²) in [6.07, 6.45) is 3.48. The number of hydrogen-bond donors (Lipinski definition) is 2. The van der Waals surface area contributed by atoms with E-state index in [9.17, 15) is 9.59 Å². The van der Waals surface area contributed by atoms with E-state index in [1.807, 2.05) is 42.5 Å². The molecule has 0 aromatic heterocycles. The third-order valence-electron chi connectivity index (χ3n) is 5.72. The Balaban J connectivity index is 1.65. The lowest BCUT2D eigenvalue weighted by Crippen LogP contribution is -2.35. The van der Waals surface area contributed by atoms with Crippen molar-refractivity contribution in [1.82, 2.24) is 0 Å². The molecule has 0 bridgehead atoms. The second-order valence-corrected chi connectivity index (χ2v) is 7.57. The van der Waals surface area contributed by atoms with Gasteiger partial charge in [-0.1, -0.05) is 24.3 Å². The standard InChI is InChI=1S/C22H25N3O3/c23-20-8-4-5-15-13-17(9-11-19(15)20)24-14-18(10-12-21(26)27)25(22(24)28)16-6-2-1-3-7-16/h1-3,6-7,9,11,13,18,20H,4-5,8,10,12,14,23H2,(H,26,27). The maximum Gasteiger partial charge on any atom is 0.329 e. The highest BCUT2D eigenvalue weighted by Gasteiger charge is 2.39. The van der Waals surface area contributed by atoms with Crippen LogP contribution >= 0.6 is 0 Å². The monoisotopic (exact) mass is 379 g/mol. The zero-order valence-electron chi connectivity index (χ0n) is 15.8. The number of nitrogens with zero attached hydrogens (tertiary/aromatic N) is 2. The molecule has 2 aromatic carbocycles. The minimum absolute atomic E-state index is 0.0359. The van der Waals surface area contributed by atoms with Crippen LogP contribution in [0.4, 0.5) is 16.2 Å². The maximum absolute atomic E-state index is 13.3. The molecule has 1 heterocycles. The summed E-state index contributed by atoms with van der Waals surface area (Å²) in [6, 6.07) is 15.3. The van der Waals surface area contributed by atoms with Gasteiger partial charge in [-0.05, 0) is 61.1 Å². The van der Waals surface area contributed by atoms with Gasteiger partial charge in [-0.3, -0.25) is 14.6 Å². The van der Waals surface area contributed by atoms with E-state index < -0.39 is 5.97 Å². The summed E-state index contributed by atoms with van der Waals surface area (Å²) in [5, 5.41) is 9.11. The Hall–Kier alpha value is -2.86. The Morgan fingerprint density at radius 2 is 1.93 bits per heavy atom. The van der Waals surface area contributed by atoms with Gasteiger partial charge in [-0.15, -0.1) is 0 Å². The number of amides is 2. The molecule has 2 aliphatic rings. The van der Waals surface area contributed by atoms with Crippen molar-refractivity contribution in [3.63, 3.8) is 0 Å². The summed E-state index contributed by atoms with van der Waals surface area (Å²) in [5.41, 5.74) is 10.3. The lowest BCUT2D eigenvalue weighted by Gasteiger charge is -2.25. The minimum Gasteiger partial charge on any atom is -0.481 e. The van der Waals surface area contributed by atoms with Crippen LogP contribution in [0.5, 0.6) is 0 Å². The number of aryl methyl sites for hydroxylation is 1. The molecule has 1 saturated heterocycles. The van der Waals surface area contributed by atoms with Crippen molar-refractivity contribution in [2.45, 2.75) is 44.2 Å². The van der Waals surface area contributed by atoms with Gasteiger partial charge in [0.05, 0.1) is 6.04 Å². The minimum atomic E-state index is -0.846. The lowest BCUT2D eigenvalue weighted by molar-refractivity contribution is -0.137. The lowest BCUT2D eigenvalue weighted by atomic mass is 9.88. The fraction of sp³-hybridized carbons (Fsp3) is 0.364. The van der Waals surface area contributed by atoms with Crippen LogP contribution < -0.4 is 15.5 Å². The maximum atomic E-state index is 13.3. The van der Waals surface area contributed by atoms with Crippen LogP contribution in [0.3, 0.4) is 0 Å². The molecular weight excluding hydrogens is 354 g/mol. The largest absolute Gasteiger partial charge is 0.481 e. The number of carboxylic acids is 1. The van der Waals surface area contributed by atoms with E-state index in [1.54, 1.807) is 9.80 Å². The molecule has 0 saturated carbocycles. The van der Waals surface area contributed by atoms with Gasteiger partial charge < -0.3 is 10.8 Å². The highest BCUT2D eigenvalue weighted by atomic mass is 16.4. The number of nitrogens with two attached hydrogens (primary N) is 1. The Morgan fingerprint density at radius 1 is 1.14 bits per heavy atom. The average molecular weight is 379 g/mol. The molecule has 1 fully saturated rings. The van der Waals surface area contributed by atoms with Crippen LogP contribution in [-0.4, -0.2) is 29.7 Å². The highest BCUT2D eigenvalue weighted by Crippen LogP contribution is 2.35. The first kappa shape index (κ1) is 18.5.